The number of benzene rings is 1. The van der Waals surface area contributed by atoms with Crippen LogP contribution in [0.15, 0.2) is 18.2 Å². The lowest BCUT2D eigenvalue weighted by Gasteiger charge is -2.12. The summed E-state index contributed by atoms with van der Waals surface area (Å²) >= 11 is 0. The van der Waals surface area contributed by atoms with Gasteiger partial charge in [-0.1, -0.05) is 17.7 Å². The molecule has 0 heterocycles. The van der Waals surface area contributed by atoms with Crippen molar-refractivity contribution in [1.82, 2.24) is 5.32 Å². The van der Waals surface area contributed by atoms with Gasteiger partial charge in [0.1, 0.15) is 0 Å². The number of hydrogen-bond donors (Lipinski definition) is 1. The molecule has 1 atom stereocenters. The molecular formula is C17H23NO2. The van der Waals surface area contributed by atoms with Gasteiger partial charge in [0, 0.05) is 24.4 Å². The van der Waals surface area contributed by atoms with Crippen LogP contribution in [0.2, 0.25) is 0 Å². The Morgan fingerprint density at radius 2 is 1.95 bits per heavy atom. The molecule has 2 rings (SSSR count). The first-order chi connectivity index (χ1) is 9.47. The van der Waals surface area contributed by atoms with Gasteiger partial charge in [-0.25, -0.2) is 0 Å². The van der Waals surface area contributed by atoms with E-state index in [4.69, 9.17) is 0 Å². The van der Waals surface area contributed by atoms with Crippen molar-refractivity contribution in [2.45, 2.75) is 52.5 Å². The number of rotatable bonds is 6. The van der Waals surface area contributed by atoms with E-state index in [2.05, 4.69) is 5.32 Å². The molecule has 0 spiro atoms. The zero-order valence-corrected chi connectivity index (χ0v) is 12.5. The molecule has 1 amide bonds. The summed E-state index contributed by atoms with van der Waals surface area (Å²) < 4.78 is 0. The fourth-order valence-electron chi connectivity index (χ4n) is 2.44. The van der Waals surface area contributed by atoms with Crippen LogP contribution in [-0.2, 0) is 4.79 Å². The highest BCUT2D eigenvalue weighted by atomic mass is 16.2. The summed E-state index contributed by atoms with van der Waals surface area (Å²) in [7, 11) is 0. The molecule has 20 heavy (non-hydrogen) atoms. The van der Waals surface area contributed by atoms with Crippen LogP contribution in [0.5, 0.6) is 0 Å². The van der Waals surface area contributed by atoms with E-state index >= 15 is 0 Å². The van der Waals surface area contributed by atoms with Crippen molar-refractivity contribution in [3.05, 3.63) is 34.9 Å². The van der Waals surface area contributed by atoms with Crippen molar-refractivity contribution in [2.24, 2.45) is 5.92 Å². The number of carbonyl (C=O) groups excluding carboxylic acids is 2. The molecule has 1 fully saturated rings. The average Bonchev–Trinajstić information content (AvgIpc) is 3.23. The van der Waals surface area contributed by atoms with Crippen LogP contribution in [-0.4, -0.2) is 17.7 Å². The van der Waals surface area contributed by atoms with E-state index in [-0.39, 0.29) is 30.6 Å². The second-order valence-electron chi connectivity index (χ2n) is 5.94. The van der Waals surface area contributed by atoms with E-state index in [9.17, 15) is 9.59 Å². The number of aryl methyl sites for hydroxylation is 2. The normalized spacial score (nSPS) is 15.8. The van der Waals surface area contributed by atoms with Crippen molar-refractivity contribution in [3.8, 4) is 0 Å². The van der Waals surface area contributed by atoms with E-state index in [0.29, 0.717) is 5.92 Å². The molecule has 0 aliphatic heterocycles. The van der Waals surface area contributed by atoms with Crippen LogP contribution < -0.4 is 5.32 Å². The number of hydrogen-bond acceptors (Lipinski definition) is 2. The first-order valence-electron chi connectivity index (χ1n) is 7.37. The molecule has 1 aromatic carbocycles. The van der Waals surface area contributed by atoms with Gasteiger partial charge in [-0.2, -0.15) is 0 Å². The van der Waals surface area contributed by atoms with Gasteiger partial charge in [0.05, 0.1) is 0 Å². The fraction of sp³-hybridized carbons (Fsp3) is 0.529. The summed E-state index contributed by atoms with van der Waals surface area (Å²) in [6, 6.07) is 6.11. The molecule has 1 aliphatic carbocycles. The SMILES string of the molecule is Cc1ccc(C)c(C(=O)CCC(=O)NC(C)C2CC2)c1. The Labute approximate surface area is 120 Å². The van der Waals surface area contributed by atoms with Gasteiger partial charge in [0.25, 0.3) is 0 Å². The molecule has 0 bridgehead atoms. The van der Waals surface area contributed by atoms with Crippen molar-refractivity contribution in [1.29, 1.82) is 0 Å². The molecule has 0 saturated heterocycles. The van der Waals surface area contributed by atoms with Crippen LogP contribution in [0.4, 0.5) is 0 Å². The van der Waals surface area contributed by atoms with E-state index < -0.39 is 0 Å². The Hall–Kier alpha value is -1.64. The highest BCUT2D eigenvalue weighted by molar-refractivity contribution is 5.99. The lowest BCUT2D eigenvalue weighted by molar-refractivity contribution is -0.121. The number of nitrogens with one attached hydrogen (secondary N) is 1. The third-order valence-corrected chi connectivity index (χ3v) is 3.99. The van der Waals surface area contributed by atoms with E-state index in [1.54, 1.807) is 0 Å². The third kappa shape index (κ3) is 3.92. The zero-order valence-electron chi connectivity index (χ0n) is 12.5. The third-order valence-electron chi connectivity index (χ3n) is 3.99. The van der Waals surface area contributed by atoms with Crippen molar-refractivity contribution < 1.29 is 9.59 Å². The molecule has 1 saturated carbocycles. The molecule has 1 unspecified atom stereocenters. The maximum Gasteiger partial charge on any atom is 0.220 e. The largest absolute Gasteiger partial charge is 0.353 e. The highest BCUT2D eigenvalue weighted by Crippen LogP contribution is 2.32. The number of Topliss-reactive ketones (excluding diaryl/α,β-unsaturated/α-hetero) is 1. The molecule has 108 valence electrons. The molecule has 3 nitrogen and oxygen atoms in total. The zero-order chi connectivity index (χ0) is 14.7. The lowest BCUT2D eigenvalue weighted by atomic mass is 9.99. The van der Waals surface area contributed by atoms with Gasteiger partial charge in [-0.3, -0.25) is 9.59 Å². The fourth-order valence-corrected chi connectivity index (χ4v) is 2.44. The van der Waals surface area contributed by atoms with Gasteiger partial charge >= 0.3 is 0 Å². The predicted octanol–water partition coefficient (Wildman–Crippen LogP) is 3.18. The summed E-state index contributed by atoms with van der Waals surface area (Å²) in [6.07, 6.45) is 2.99. The Kier molecular flexibility index (Phi) is 4.58. The Balaban J connectivity index is 1.85. The topological polar surface area (TPSA) is 46.2 Å². The number of ketones is 1. The first-order valence-corrected chi connectivity index (χ1v) is 7.37. The monoisotopic (exact) mass is 273 g/mol. The summed E-state index contributed by atoms with van der Waals surface area (Å²) in [5.41, 5.74) is 2.80. The highest BCUT2D eigenvalue weighted by Gasteiger charge is 2.28. The van der Waals surface area contributed by atoms with Gasteiger partial charge < -0.3 is 5.32 Å². The van der Waals surface area contributed by atoms with Gasteiger partial charge in [0.2, 0.25) is 5.91 Å². The summed E-state index contributed by atoms with van der Waals surface area (Å²) in [6.45, 7) is 5.95. The summed E-state index contributed by atoms with van der Waals surface area (Å²) in [5, 5.41) is 2.98. The molecule has 1 N–H and O–H groups in total. The van der Waals surface area contributed by atoms with E-state index in [1.165, 1.54) is 12.8 Å². The lowest BCUT2D eigenvalue weighted by Crippen LogP contribution is -2.34. The Morgan fingerprint density at radius 3 is 2.60 bits per heavy atom. The van der Waals surface area contributed by atoms with Crippen molar-refractivity contribution in [3.63, 3.8) is 0 Å². The van der Waals surface area contributed by atoms with Crippen LogP contribution in [0, 0.1) is 19.8 Å². The Bertz CT molecular complexity index is 518. The molecule has 1 aromatic rings. The molecule has 1 aliphatic rings. The van der Waals surface area contributed by atoms with Crippen LogP contribution in [0.1, 0.15) is 54.1 Å². The summed E-state index contributed by atoms with van der Waals surface area (Å²) in [4.78, 5) is 24.0. The molecule has 3 heteroatoms. The summed E-state index contributed by atoms with van der Waals surface area (Å²) in [5.74, 6) is 0.692. The quantitative estimate of drug-likeness (QED) is 0.809. The first kappa shape index (κ1) is 14.8. The van der Waals surface area contributed by atoms with Gasteiger partial charge in [0.15, 0.2) is 5.78 Å². The minimum atomic E-state index is -0.0111. The molecular weight excluding hydrogens is 250 g/mol. The maximum absolute atomic E-state index is 12.2. The smallest absolute Gasteiger partial charge is 0.220 e. The van der Waals surface area contributed by atoms with Crippen LogP contribution in [0.25, 0.3) is 0 Å². The second-order valence-corrected chi connectivity index (χ2v) is 5.94. The number of carbonyl (C=O) groups is 2. The number of amides is 1. The van der Waals surface area contributed by atoms with Gasteiger partial charge in [-0.05, 0) is 51.2 Å². The Morgan fingerprint density at radius 1 is 1.25 bits per heavy atom. The minimum absolute atomic E-state index is 0.0111. The standard InChI is InChI=1S/C17H23NO2/c1-11-4-5-12(2)15(10-11)16(19)8-9-17(20)18-13(3)14-6-7-14/h4-5,10,13-14H,6-9H2,1-3H3,(H,18,20). The van der Waals surface area contributed by atoms with Gasteiger partial charge in [-0.15, -0.1) is 0 Å². The maximum atomic E-state index is 12.2. The molecule has 0 radical (unpaired) electrons. The van der Waals surface area contributed by atoms with E-state index in [0.717, 1.165) is 16.7 Å². The predicted molar refractivity (Wildman–Crippen MR) is 79.8 cm³/mol. The van der Waals surface area contributed by atoms with E-state index in [1.807, 2.05) is 39.0 Å². The second kappa shape index (κ2) is 6.21. The van der Waals surface area contributed by atoms with Crippen molar-refractivity contribution >= 4 is 11.7 Å². The molecule has 0 aromatic heterocycles. The minimum Gasteiger partial charge on any atom is -0.353 e. The average molecular weight is 273 g/mol. The van der Waals surface area contributed by atoms with Crippen molar-refractivity contribution in [2.75, 3.05) is 0 Å². The van der Waals surface area contributed by atoms with Crippen LogP contribution in [0.3, 0.4) is 0 Å². The van der Waals surface area contributed by atoms with Crippen LogP contribution >= 0.6 is 0 Å².